The molecule has 0 saturated heterocycles. The highest BCUT2D eigenvalue weighted by atomic mass is 19.1. The maximum atomic E-state index is 13.2. The fraction of sp³-hybridized carbons (Fsp3) is 0.0769. The molecule has 0 aliphatic heterocycles. The molecular formula is C13H14FN7O. The van der Waals surface area contributed by atoms with Gasteiger partial charge in [0.25, 0.3) is 11.9 Å². The van der Waals surface area contributed by atoms with Crippen LogP contribution in [-0.2, 0) is 6.54 Å². The highest BCUT2D eigenvalue weighted by Gasteiger charge is 2.17. The van der Waals surface area contributed by atoms with Crippen molar-refractivity contribution in [2.45, 2.75) is 6.54 Å². The number of nitrogens with zero attached hydrogens (tertiary/aromatic N) is 3. The number of aliphatic imine (C=N–C) groups is 1. The first-order chi connectivity index (χ1) is 10.5. The van der Waals surface area contributed by atoms with Crippen molar-refractivity contribution >= 4 is 23.5 Å². The summed E-state index contributed by atoms with van der Waals surface area (Å²) < 4.78 is 13.2. The second-order valence-corrected chi connectivity index (χ2v) is 4.27. The van der Waals surface area contributed by atoms with Crippen molar-refractivity contribution in [1.82, 2.24) is 15.3 Å². The van der Waals surface area contributed by atoms with Crippen LogP contribution in [0, 0.1) is 5.95 Å². The minimum absolute atomic E-state index is 0.146. The van der Waals surface area contributed by atoms with E-state index in [1.54, 1.807) is 0 Å². The lowest BCUT2D eigenvalue weighted by Crippen LogP contribution is -2.38. The Bertz CT molecular complexity index is 718. The zero-order chi connectivity index (χ0) is 16.1. The molecule has 8 nitrogen and oxygen atoms in total. The summed E-state index contributed by atoms with van der Waals surface area (Å²) in [6.07, 6.45) is 0. The number of nitrogens with one attached hydrogen (secondary N) is 1. The van der Waals surface area contributed by atoms with Gasteiger partial charge in [-0.05, 0) is 5.56 Å². The van der Waals surface area contributed by atoms with Crippen LogP contribution in [0.4, 0.5) is 16.0 Å². The van der Waals surface area contributed by atoms with Gasteiger partial charge in [0.1, 0.15) is 0 Å². The van der Waals surface area contributed by atoms with Gasteiger partial charge in [0, 0.05) is 0 Å². The smallest absolute Gasteiger partial charge is 0.280 e. The lowest BCUT2D eigenvalue weighted by molar-refractivity contribution is 0.0971. The number of carbonyl (C=O) groups is 1. The van der Waals surface area contributed by atoms with Crippen molar-refractivity contribution in [3.8, 4) is 0 Å². The summed E-state index contributed by atoms with van der Waals surface area (Å²) in [4.78, 5) is 22.7. The molecule has 0 unspecified atom stereocenters. The summed E-state index contributed by atoms with van der Waals surface area (Å²) in [7, 11) is 0. The van der Waals surface area contributed by atoms with Crippen molar-refractivity contribution in [1.29, 1.82) is 0 Å². The fourth-order valence-corrected chi connectivity index (χ4v) is 1.58. The first-order valence-electron chi connectivity index (χ1n) is 6.21. The molecule has 0 atom stereocenters. The number of guanidine groups is 1. The lowest BCUT2D eigenvalue weighted by atomic mass is 10.2. The largest absolute Gasteiger partial charge is 0.382 e. The number of carbonyl (C=O) groups excluding carboxylic acids is 1. The number of benzene rings is 1. The van der Waals surface area contributed by atoms with Crippen molar-refractivity contribution in [3.63, 3.8) is 0 Å². The van der Waals surface area contributed by atoms with Crippen LogP contribution in [0.5, 0.6) is 0 Å². The highest BCUT2D eigenvalue weighted by Crippen LogP contribution is 2.11. The topological polar surface area (TPSA) is 145 Å². The van der Waals surface area contributed by atoms with Crippen LogP contribution in [0.3, 0.4) is 0 Å². The number of nitrogen functional groups attached to an aromatic ring is 2. The maximum absolute atomic E-state index is 13.2. The minimum atomic E-state index is -1.08. The van der Waals surface area contributed by atoms with Gasteiger partial charge in [-0.1, -0.05) is 30.3 Å². The van der Waals surface area contributed by atoms with Gasteiger partial charge in [-0.2, -0.15) is 4.39 Å². The number of hydrogen-bond donors (Lipinski definition) is 4. The molecule has 1 amide bonds. The van der Waals surface area contributed by atoms with Crippen LogP contribution in [-0.4, -0.2) is 21.8 Å². The summed E-state index contributed by atoms with van der Waals surface area (Å²) in [5.74, 6) is -2.84. The molecular weight excluding hydrogens is 289 g/mol. The Balaban J connectivity index is 2.07. The predicted molar refractivity (Wildman–Crippen MR) is 80.0 cm³/mol. The van der Waals surface area contributed by atoms with E-state index >= 15 is 0 Å². The molecule has 0 saturated carbocycles. The zero-order valence-corrected chi connectivity index (χ0v) is 11.5. The summed E-state index contributed by atoms with van der Waals surface area (Å²) in [5.41, 5.74) is 16.8. The van der Waals surface area contributed by atoms with Gasteiger partial charge in [-0.25, -0.2) is 15.0 Å². The van der Waals surface area contributed by atoms with Gasteiger partial charge >= 0.3 is 0 Å². The fourth-order valence-electron chi connectivity index (χ4n) is 1.58. The number of amides is 1. The molecule has 0 fully saturated rings. The second kappa shape index (κ2) is 6.48. The van der Waals surface area contributed by atoms with E-state index in [0.717, 1.165) is 5.56 Å². The summed E-state index contributed by atoms with van der Waals surface area (Å²) in [6, 6.07) is 9.30. The zero-order valence-electron chi connectivity index (χ0n) is 11.5. The number of nitrogens with two attached hydrogens (primary N) is 3. The Hall–Kier alpha value is -3.23. The molecule has 0 radical (unpaired) electrons. The molecule has 1 aromatic heterocycles. The molecule has 0 spiro atoms. The van der Waals surface area contributed by atoms with Gasteiger partial charge < -0.3 is 17.2 Å². The van der Waals surface area contributed by atoms with E-state index in [1.807, 2.05) is 30.3 Å². The predicted octanol–water partition coefficient (Wildman–Crippen LogP) is 0.0248. The second-order valence-electron chi connectivity index (χ2n) is 4.27. The number of halogens is 1. The van der Waals surface area contributed by atoms with Crippen LogP contribution in [0.2, 0.25) is 0 Å². The van der Waals surface area contributed by atoms with Crippen LogP contribution < -0.4 is 22.5 Å². The summed E-state index contributed by atoms with van der Waals surface area (Å²) in [5, 5.41) is 2.25. The lowest BCUT2D eigenvalue weighted by Gasteiger charge is -2.06. The monoisotopic (exact) mass is 303 g/mol. The van der Waals surface area contributed by atoms with Gasteiger partial charge in [-0.3, -0.25) is 10.1 Å². The Morgan fingerprint density at radius 2 is 1.86 bits per heavy atom. The van der Waals surface area contributed by atoms with Crippen LogP contribution in [0.1, 0.15) is 16.1 Å². The Morgan fingerprint density at radius 3 is 2.55 bits per heavy atom. The molecule has 0 aliphatic carbocycles. The maximum Gasteiger partial charge on any atom is 0.280 e. The average Bonchev–Trinajstić information content (AvgIpc) is 2.50. The van der Waals surface area contributed by atoms with E-state index in [0.29, 0.717) is 0 Å². The highest BCUT2D eigenvalue weighted by molar-refractivity contribution is 6.06. The summed E-state index contributed by atoms with van der Waals surface area (Å²) in [6.45, 7) is 0.282. The van der Waals surface area contributed by atoms with Crippen molar-refractivity contribution in [2.24, 2.45) is 10.7 Å². The van der Waals surface area contributed by atoms with E-state index in [-0.39, 0.29) is 18.3 Å². The molecule has 1 heterocycles. The molecule has 114 valence electrons. The Labute approximate surface area is 125 Å². The SMILES string of the molecule is NC(=NCc1ccccc1)NC(=O)c1nc(F)c(N)nc1N. The quantitative estimate of drug-likeness (QED) is 0.464. The number of anilines is 2. The van der Waals surface area contributed by atoms with Crippen molar-refractivity contribution in [3.05, 3.63) is 47.5 Å². The third-order valence-electron chi connectivity index (χ3n) is 2.64. The Morgan fingerprint density at radius 1 is 1.18 bits per heavy atom. The van der Waals surface area contributed by atoms with E-state index in [2.05, 4.69) is 20.3 Å². The standard InChI is InChI=1S/C13H14FN7O/c14-9-11(16)20-10(15)8(19-9)12(22)21-13(17)18-6-7-4-2-1-3-5-7/h1-5H,6H2,(H4,15,16,20)(H3,17,18,21,22). The van der Waals surface area contributed by atoms with Crippen LogP contribution in [0.25, 0.3) is 0 Å². The molecule has 2 aromatic rings. The number of hydrogen-bond acceptors (Lipinski definition) is 6. The van der Waals surface area contributed by atoms with E-state index in [1.165, 1.54) is 0 Å². The van der Waals surface area contributed by atoms with Crippen molar-refractivity contribution < 1.29 is 9.18 Å². The molecule has 7 N–H and O–H groups in total. The van der Waals surface area contributed by atoms with E-state index < -0.39 is 23.4 Å². The number of aromatic nitrogens is 2. The normalized spacial score (nSPS) is 11.2. The van der Waals surface area contributed by atoms with Crippen LogP contribution in [0.15, 0.2) is 35.3 Å². The van der Waals surface area contributed by atoms with Crippen LogP contribution >= 0.6 is 0 Å². The van der Waals surface area contributed by atoms with Gasteiger partial charge in [0.15, 0.2) is 23.3 Å². The van der Waals surface area contributed by atoms with E-state index in [4.69, 9.17) is 17.2 Å². The number of rotatable bonds is 3. The molecule has 1 aromatic carbocycles. The first-order valence-corrected chi connectivity index (χ1v) is 6.21. The summed E-state index contributed by atoms with van der Waals surface area (Å²) >= 11 is 0. The molecule has 22 heavy (non-hydrogen) atoms. The van der Waals surface area contributed by atoms with Crippen molar-refractivity contribution in [2.75, 3.05) is 11.5 Å². The minimum Gasteiger partial charge on any atom is -0.382 e. The Kier molecular flexibility index (Phi) is 4.47. The average molecular weight is 303 g/mol. The molecule has 0 bridgehead atoms. The molecule has 0 aliphatic rings. The third-order valence-corrected chi connectivity index (χ3v) is 2.64. The van der Waals surface area contributed by atoms with Gasteiger partial charge in [0.05, 0.1) is 6.54 Å². The van der Waals surface area contributed by atoms with Gasteiger partial charge in [-0.15, -0.1) is 0 Å². The molecule has 9 heteroatoms. The first kappa shape index (κ1) is 15.2. The van der Waals surface area contributed by atoms with Gasteiger partial charge in [0.2, 0.25) is 0 Å². The molecule has 2 rings (SSSR count). The van der Waals surface area contributed by atoms with E-state index in [9.17, 15) is 9.18 Å². The third kappa shape index (κ3) is 3.66.